The van der Waals surface area contributed by atoms with Crippen molar-refractivity contribution in [3.05, 3.63) is 35.6 Å². The molecule has 0 unspecified atom stereocenters. The summed E-state index contributed by atoms with van der Waals surface area (Å²) in [5.41, 5.74) is 6.20. The molecule has 4 nitrogen and oxygen atoms in total. The Labute approximate surface area is 89.5 Å². The van der Waals surface area contributed by atoms with Crippen molar-refractivity contribution in [1.29, 1.82) is 0 Å². The van der Waals surface area contributed by atoms with Crippen LogP contribution in [0.25, 0.3) is 0 Å². The first kappa shape index (κ1) is 11.4. The summed E-state index contributed by atoms with van der Waals surface area (Å²) in [5, 5.41) is 2.46. The predicted octanol–water partition coefficient (Wildman–Crippen LogP) is 1.46. The molecule has 0 fully saturated rings. The summed E-state index contributed by atoms with van der Waals surface area (Å²) in [6.45, 7) is 2.91. The summed E-state index contributed by atoms with van der Waals surface area (Å²) < 4.78 is 5.42. The first-order valence-electron chi connectivity index (χ1n) is 4.88. The van der Waals surface area contributed by atoms with Gasteiger partial charge in [-0.1, -0.05) is 17.7 Å². The average molecular weight is 208 g/mol. The van der Waals surface area contributed by atoms with E-state index in [0.717, 1.165) is 12.2 Å². The van der Waals surface area contributed by atoms with Gasteiger partial charge < -0.3 is 15.8 Å². The van der Waals surface area contributed by atoms with E-state index in [-0.39, 0.29) is 0 Å². The van der Waals surface area contributed by atoms with E-state index in [0.29, 0.717) is 13.2 Å². The highest BCUT2D eigenvalue weighted by molar-refractivity contribution is 5.71. The second kappa shape index (κ2) is 5.90. The lowest BCUT2D eigenvalue weighted by atomic mass is 10.2. The number of rotatable bonds is 4. The summed E-state index contributed by atoms with van der Waals surface area (Å²) in [4.78, 5) is 10.4. The average Bonchev–Trinajstić information content (AvgIpc) is 2.38. The van der Waals surface area contributed by atoms with Gasteiger partial charge in [0.2, 0.25) is 0 Å². The summed E-state index contributed by atoms with van der Waals surface area (Å²) in [6.07, 6.45) is 8.87. The molecule has 3 N–H and O–H groups in total. The first-order valence-corrected chi connectivity index (χ1v) is 4.88. The van der Waals surface area contributed by atoms with Gasteiger partial charge in [-0.2, -0.15) is 0 Å². The van der Waals surface area contributed by atoms with E-state index in [1.54, 1.807) is 0 Å². The lowest BCUT2D eigenvalue weighted by Gasteiger charge is -2.05. The smallest absolute Gasteiger partial charge is 0.312 e. The molecule has 0 aliphatic heterocycles. The molecule has 0 heterocycles. The highest BCUT2D eigenvalue weighted by Gasteiger charge is 1.97. The van der Waals surface area contributed by atoms with Crippen LogP contribution in [0.2, 0.25) is 0 Å². The van der Waals surface area contributed by atoms with Gasteiger partial charge in [0.05, 0.1) is 6.54 Å². The maximum atomic E-state index is 10.4. The first-order chi connectivity index (χ1) is 7.18. The van der Waals surface area contributed by atoms with E-state index < -0.39 is 6.03 Å². The van der Waals surface area contributed by atoms with Crippen LogP contribution < -0.4 is 11.1 Å². The Balaban J connectivity index is 2.29. The SMILES string of the molecule is CC1=CC=C(OCCNC(N)=O)C=CC1. The third-order valence-electron chi connectivity index (χ3n) is 1.92. The zero-order valence-electron chi connectivity index (χ0n) is 8.82. The lowest BCUT2D eigenvalue weighted by Crippen LogP contribution is -2.32. The summed E-state index contributed by atoms with van der Waals surface area (Å²) in [5.74, 6) is 0.804. The normalized spacial score (nSPS) is 15.0. The molecule has 0 bridgehead atoms. The molecule has 1 aliphatic rings. The molecular weight excluding hydrogens is 192 g/mol. The minimum atomic E-state index is -0.528. The number of hydrogen-bond donors (Lipinski definition) is 2. The minimum Gasteiger partial charge on any atom is -0.492 e. The van der Waals surface area contributed by atoms with Gasteiger partial charge in [-0.05, 0) is 25.5 Å². The largest absolute Gasteiger partial charge is 0.492 e. The summed E-state index contributed by atoms with van der Waals surface area (Å²) in [6, 6.07) is -0.528. The third kappa shape index (κ3) is 4.90. The number of allylic oxidation sites excluding steroid dienone is 5. The van der Waals surface area contributed by atoms with Gasteiger partial charge >= 0.3 is 6.03 Å². The van der Waals surface area contributed by atoms with Crippen molar-refractivity contribution < 1.29 is 9.53 Å². The highest BCUT2D eigenvalue weighted by Crippen LogP contribution is 2.10. The lowest BCUT2D eigenvalue weighted by molar-refractivity contribution is 0.218. The van der Waals surface area contributed by atoms with Crippen molar-refractivity contribution in [2.75, 3.05) is 13.2 Å². The standard InChI is InChI=1S/C11H16N2O2/c1-9-3-2-4-10(6-5-9)15-8-7-13-11(12)14/h2,4-6H,3,7-8H2,1H3,(H3,12,13,14). The van der Waals surface area contributed by atoms with Crippen LogP contribution in [0.5, 0.6) is 0 Å². The van der Waals surface area contributed by atoms with E-state index in [2.05, 4.69) is 12.2 Å². The van der Waals surface area contributed by atoms with Crippen LogP contribution in [-0.4, -0.2) is 19.2 Å². The van der Waals surface area contributed by atoms with Crippen molar-refractivity contribution in [2.24, 2.45) is 5.73 Å². The molecule has 82 valence electrons. The van der Waals surface area contributed by atoms with Gasteiger partial charge in [0.1, 0.15) is 12.4 Å². The molecule has 0 saturated heterocycles. The maximum Gasteiger partial charge on any atom is 0.312 e. The number of nitrogens with one attached hydrogen (secondary N) is 1. The van der Waals surface area contributed by atoms with Gasteiger partial charge in [0.25, 0.3) is 0 Å². The molecule has 0 saturated carbocycles. The van der Waals surface area contributed by atoms with Gasteiger partial charge in [0.15, 0.2) is 0 Å². The van der Waals surface area contributed by atoms with Crippen LogP contribution >= 0.6 is 0 Å². The fourth-order valence-electron chi connectivity index (χ4n) is 1.15. The van der Waals surface area contributed by atoms with E-state index in [4.69, 9.17) is 10.5 Å². The minimum absolute atomic E-state index is 0.420. The number of carbonyl (C=O) groups excluding carboxylic acids is 1. The summed E-state index contributed by atoms with van der Waals surface area (Å²) in [7, 11) is 0. The molecule has 4 heteroatoms. The quantitative estimate of drug-likeness (QED) is 0.687. The Bertz CT molecular complexity index is 317. The number of amides is 2. The number of urea groups is 1. The second-order valence-electron chi connectivity index (χ2n) is 3.33. The van der Waals surface area contributed by atoms with E-state index in [1.807, 2.05) is 24.3 Å². The Morgan fingerprint density at radius 3 is 3.13 bits per heavy atom. The van der Waals surface area contributed by atoms with E-state index in [1.165, 1.54) is 5.57 Å². The van der Waals surface area contributed by atoms with Crippen LogP contribution in [0.4, 0.5) is 4.79 Å². The molecule has 0 atom stereocenters. The molecule has 1 rings (SSSR count). The molecule has 1 aliphatic carbocycles. The predicted molar refractivity (Wildman–Crippen MR) is 59.1 cm³/mol. The fourth-order valence-corrected chi connectivity index (χ4v) is 1.15. The Kier molecular flexibility index (Phi) is 4.47. The van der Waals surface area contributed by atoms with Crippen molar-refractivity contribution >= 4 is 6.03 Å². The van der Waals surface area contributed by atoms with Gasteiger partial charge in [-0.3, -0.25) is 0 Å². The second-order valence-corrected chi connectivity index (χ2v) is 3.33. The molecule has 0 radical (unpaired) electrons. The zero-order chi connectivity index (χ0) is 11.1. The van der Waals surface area contributed by atoms with Crippen LogP contribution in [-0.2, 0) is 4.74 Å². The number of nitrogens with two attached hydrogens (primary N) is 1. The Morgan fingerprint density at radius 2 is 2.40 bits per heavy atom. The number of ether oxygens (including phenoxy) is 1. The maximum absolute atomic E-state index is 10.4. The fraction of sp³-hybridized carbons (Fsp3) is 0.364. The van der Waals surface area contributed by atoms with Gasteiger partial charge in [0, 0.05) is 0 Å². The zero-order valence-corrected chi connectivity index (χ0v) is 8.82. The van der Waals surface area contributed by atoms with Crippen molar-refractivity contribution in [3.63, 3.8) is 0 Å². The monoisotopic (exact) mass is 208 g/mol. The molecular formula is C11H16N2O2. The topological polar surface area (TPSA) is 64.3 Å². The van der Waals surface area contributed by atoms with Crippen LogP contribution in [0.1, 0.15) is 13.3 Å². The molecule has 2 amide bonds. The van der Waals surface area contributed by atoms with Crippen LogP contribution in [0.3, 0.4) is 0 Å². The molecule has 15 heavy (non-hydrogen) atoms. The Hall–Kier alpha value is -1.71. The van der Waals surface area contributed by atoms with Crippen LogP contribution in [0, 0.1) is 0 Å². The third-order valence-corrected chi connectivity index (χ3v) is 1.92. The van der Waals surface area contributed by atoms with E-state index in [9.17, 15) is 4.79 Å². The number of hydrogen-bond acceptors (Lipinski definition) is 2. The van der Waals surface area contributed by atoms with Crippen molar-refractivity contribution in [2.45, 2.75) is 13.3 Å². The van der Waals surface area contributed by atoms with Gasteiger partial charge in [-0.25, -0.2) is 4.79 Å². The molecule has 0 aromatic carbocycles. The van der Waals surface area contributed by atoms with Crippen molar-refractivity contribution in [1.82, 2.24) is 5.32 Å². The highest BCUT2D eigenvalue weighted by atomic mass is 16.5. The number of primary amides is 1. The molecule has 0 aromatic heterocycles. The van der Waals surface area contributed by atoms with Crippen molar-refractivity contribution in [3.8, 4) is 0 Å². The van der Waals surface area contributed by atoms with Crippen LogP contribution in [0.15, 0.2) is 35.6 Å². The molecule has 0 spiro atoms. The van der Waals surface area contributed by atoms with E-state index >= 15 is 0 Å². The summed E-state index contributed by atoms with van der Waals surface area (Å²) >= 11 is 0. The molecule has 0 aromatic rings. The van der Waals surface area contributed by atoms with Gasteiger partial charge in [-0.15, -0.1) is 0 Å². The Morgan fingerprint density at radius 1 is 1.60 bits per heavy atom. The number of carbonyl (C=O) groups is 1.